The summed E-state index contributed by atoms with van der Waals surface area (Å²) in [5.74, 6) is 1.85. The third-order valence-corrected chi connectivity index (χ3v) is 5.86. The smallest absolute Gasteiger partial charge is 0.258 e. The van der Waals surface area contributed by atoms with E-state index in [2.05, 4.69) is 39.2 Å². The first kappa shape index (κ1) is 19.3. The quantitative estimate of drug-likeness (QED) is 0.411. The number of nitrogens with zero attached hydrogens (tertiary/aromatic N) is 4. The van der Waals surface area contributed by atoms with Crippen LogP contribution < -0.4 is 5.56 Å². The van der Waals surface area contributed by atoms with Crippen LogP contribution in [0.5, 0.6) is 0 Å². The van der Waals surface area contributed by atoms with Gasteiger partial charge < -0.3 is 4.98 Å². The van der Waals surface area contributed by atoms with E-state index in [-0.39, 0.29) is 5.56 Å². The van der Waals surface area contributed by atoms with E-state index in [1.807, 2.05) is 65.2 Å². The summed E-state index contributed by atoms with van der Waals surface area (Å²) in [6.45, 7) is 2.06. The van der Waals surface area contributed by atoms with Gasteiger partial charge in [0, 0.05) is 11.3 Å². The number of aromatic amines is 1. The minimum absolute atomic E-state index is 0.133. The second-order valence-electron chi connectivity index (χ2n) is 7.17. The summed E-state index contributed by atoms with van der Waals surface area (Å²) in [5, 5.41) is 10.3. The monoisotopic (exact) mass is 425 g/mol. The molecule has 3 aromatic carbocycles. The first-order valence-electron chi connectivity index (χ1n) is 9.88. The standard InChI is InChI=1S/C24H19N5OS/c1-16-8-7-9-17(14-16)22-27-28-24(29(22)18-10-3-2-4-11-18)31-15-21-25-20-13-6-5-12-19(20)23(30)26-21/h2-14H,15H2,1H3,(H,25,26,30). The number of thioether (sulfide) groups is 1. The highest BCUT2D eigenvalue weighted by atomic mass is 32.2. The Balaban J connectivity index is 1.53. The number of aryl methyl sites for hydroxylation is 1. The zero-order chi connectivity index (χ0) is 21.2. The Kier molecular flexibility index (Phi) is 5.09. The van der Waals surface area contributed by atoms with Crippen molar-refractivity contribution in [3.05, 3.63) is 101 Å². The van der Waals surface area contributed by atoms with Gasteiger partial charge in [0.2, 0.25) is 0 Å². The van der Waals surface area contributed by atoms with Crippen LogP contribution >= 0.6 is 11.8 Å². The summed E-state index contributed by atoms with van der Waals surface area (Å²) in [4.78, 5) is 19.9. The molecule has 0 aliphatic heterocycles. The van der Waals surface area contributed by atoms with Crippen LogP contribution in [-0.2, 0) is 5.75 Å². The van der Waals surface area contributed by atoms with Crippen molar-refractivity contribution in [1.82, 2.24) is 24.7 Å². The summed E-state index contributed by atoms with van der Waals surface area (Å²) < 4.78 is 2.04. The predicted octanol–water partition coefficient (Wildman–Crippen LogP) is 4.77. The van der Waals surface area contributed by atoms with Gasteiger partial charge in [-0.3, -0.25) is 9.36 Å². The fourth-order valence-corrected chi connectivity index (χ4v) is 4.30. The lowest BCUT2D eigenvalue weighted by molar-refractivity contribution is 0.883. The molecule has 2 aromatic heterocycles. The van der Waals surface area contributed by atoms with Gasteiger partial charge in [0.05, 0.1) is 16.7 Å². The van der Waals surface area contributed by atoms with Crippen molar-refractivity contribution >= 4 is 22.7 Å². The van der Waals surface area contributed by atoms with Crippen molar-refractivity contribution in [2.45, 2.75) is 17.8 Å². The van der Waals surface area contributed by atoms with E-state index in [9.17, 15) is 4.79 Å². The lowest BCUT2D eigenvalue weighted by atomic mass is 10.1. The molecule has 5 rings (SSSR count). The van der Waals surface area contributed by atoms with Gasteiger partial charge in [-0.15, -0.1) is 10.2 Å². The predicted molar refractivity (Wildman–Crippen MR) is 123 cm³/mol. The average Bonchev–Trinajstić information content (AvgIpc) is 3.22. The van der Waals surface area contributed by atoms with Crippen LogP contribution in [0.3, 0.4) is 0 Å². The maximum absolute atomic E-state index is 12.4. The Hall–Kier alpha value is -3.71. The Labute approximate surface area is 183 Å². The third-order valence-electron chi connectivity index (χ3n) is 4.92. The molecule has 7 heteroatoms. The number of hydrogen-bond donors (Lipinski definition) is 1. The van der Waals surface area contributed by atoms with Crippen LogP contribution in [0.4, 0.5) is 0 Å². The van der Waals surface area contributed by atoms with Crippen molar-refractivity contribution in [3.63, 3.8) is 0 Å². The van der Waals surface area contributed by atoms with Crippen LogP contribution in [0, 0.1) is 6.92 Å². The second-order valence-corrected chi connectivity index (χ2v) is 8.11. The summed E-state index contributed by atoms with van der Waals surface area (Å²) in [7, 11) is 0. The normalized spacial score (nSPS) is 11.1. The number of H-pyrrole nitrogens is 1. The van der Waals surface area contributed by atoms with Gasteiger partial charge in [-0.05, 0) is 37.3 Å². The van der Waals surface area contributed by atoms with Crippen molar-refractivity contribution < 1.29 is 0 Å². The minimum Gasteiger partial charge on any atom is -0.309 e. The molecule has 0 fully saturated rings. The van der Waals surface area contributed by atoms with E-state index >= 15 is 0 Å². The van der Waals surface area contributed by atoms with E-state index in [0.717, 1.165) is 27.8 Å². The van der Waals surface area contributed by atoms with Crippen molar-refractivity contribution in [3.8, 4) is 17.1 Å². The number of rotatable bonds is 5. The molecule has 0 bridgehead atoms. The number of fused-ring (bicyclic) bond motifs is 1. The van der Waals surface area contributed by atoms with Crippen LogP contribution in [0.2, 0.25) is 0 Å². The molecular formula is C24H19N5OS. The van der Waals surface area contributed by atoms with Gasteiger partial charge in [-0.2, -0.15) is 0 Å². The molecule has 2 heterocycles. The lowest BCUT2D eigenvalue weighted by Gasteiger charge is -2.10. The van der Waals surface area contributed by atoms with Crippen LogP contribution in [0.25, 0.3) is 28.0 Å². The average molecular weight is 426 g/mol. The zero-order valence-electron chi connectivity index (χ0n) is 16.8. The summed E-state index contributed by atoms with van der Waals surface area (Å²) in [6, 6.07) is 25.6. The van der Waals surface area contributed by atoms with E-state index < -0.39 is 0 Å². The van der Waals surface area contributed by atoms with Gasteiger partial charge in [0.15, 0.2) is 11.0 Å². The molecule has 152 valence electrons. The van der Waals surface area contributed by atoms with Gasteiger partial charge in [0.25, 0.3) is 5.56 Å². The molecule has 0 radical (unpaired) electrons. The SMILES string of the molecule is Cc1cccc(-c2nnc(SCc3nc4ccccc4c(=O)[nH]3)n2-c2ccccc2)c1. The maximum Gasteiger partial charge on any atom is 0.258 e. The molecule has 0 saturated heterocycles. The van der Waals surface area contributed by atoms with E-state index in [0.29, 0.717) is 22.5 Å². The number of para-hydroxylation sites is 2. The Morgan fingerprint density at radius 2 is 1.74 bits per heavy atom. The van der Waals surface area contributed by atoms with Crippen molar-refractivity contribution in [2.75, 3.05) is 0 Å². The molecule has 5 aromatic rings. The number of nitrogens with one attached hydrogen (secondary N) is 1. The molecule has 0 amide bonds. The highest BCUT2D eigenvalue weighted by Crippen LogP contribution is 2.29. The second kappa shape index (κ2) is 8.20. The van der Waals surface area contributed by atoms with Crippen LogP contribution in [0.15, 0.2) is 88.8 Å². The fraction of sp³-hybridized carbons (Fsp3) is 0.0833. The first-order valence-corrected chi connectivity index (χ1v) is 10.9. The minimum atomic E-state index is -0.133. The molecule has 0 saturated carbocycles. The molecule has 0 aliphatic rings. The van der Waals surface area contributed by atoms with Gasteiger partial charge >= 0.3 is 0 Å². The Bertz CT molecular complexity index is 1430. The van der Waals surface area contributed by atoms with E-state index in [1.54, 1.807) is 6.07 Å². The first-order chi connectivity index (χ1) is 15.2. The summed E-state index contributed by atoms with van der Waals surface area (Å²) in [5.41, 5.74) is 3.69. The number of aromatic nitrogens is 5. The highest BCUT2D eigenvalue weighted by Gasteiger charge is 2.17. The Morgan fingerprint density at radius 1 is 0.935 bits per heavy atom. The molecule has 0 unspecified atom stereocenters. The van der Waals surface area contributed by atoms with Crippen LogP contribution in [0.1, 0.15) is 11.4 Å². The molecule has 31 heavy (non-hydrogen) atoms. The molecule has 1 N–H and O–H groups in total. The molecule has 6 nitrogen and oxygen atoms in total. The molecular weight excluding hydrogens is 406 g/mol. The Morgan fingerprint density at radius 3 is 2.58 bits per heavy atom. The molecule has 0 aliphatic carbocycles. The topological polar surface area (TPSA) is 76.5 Å². The molecule has 0 spiro atoms. The summed E-state index contributed by atoms with van der Waals surface area (Å²) >= 11 is 1.49. The number of benzene rings is 3. The van der Waals surface area contributed by atoms with Crippen LogP contribution in [-0.4, -0.2) is 24.7 Å². The zero-order valence-corrected chi connectivity index (χ0v) is 17.6. The van der Waals surface area contributed by atoms with Crippen molar-refractivity contribution in [1.29, 1.82) is 0 Å². The largest absolute Gasteiger partial charge is 0.309 e. The maximum atomic E-state index is 12.4. The highest BCUT2D eigenvalue weighted by molar-refractivity contribution is 7.98. The van der Waals surface area contributed by atoms with Gasteiger partial charge in [0.1, 0.15) is 5.82 Å². The van der Waals surface area contributed by atoms with Crippen molar-refractivity contribution in [2.24, 2.45) is 0 Å². The van der Waals surface area contributed by atoms with Gasteiger partial charge in [-0.1, -0.05) is 65.9 Å². The van der Waals surface area contributed by atoms with E-state index in [1.165, 1.54) is 11.8 Å². The van der Waals surface area contributed by atoms with E-state index in [4.69, 9.17) is 0 Å². The molecule has 0 atom stereocenters. The van der Waals surface area contributed by atoms with Gasteiger partial charge in [-0.25, -0.2) is 4.98 Å². The third kappa shape index (κ3) is 3.87. The summed E-state index contributed by atoms with van der Waals surface area (Å²) in [6.07, 6.45) is 0. The number of hydrogen-bond acceptors (Lipinski definition) is 5. The lowest BCUT2D eigenvalue weighted by Crippen LogP contribution is -2.11. The fourth-order valence-electron chi connectivity index (χ4n) is 3.48.